The molecular weight excluding hydrogens is 1050 g/mol. The summed E-state index contributed by atoms with van der Waals surface area (Å²) in [6.45, 7) is 4.58. The van der Waals surface area contributed by atoms with Crippen molar-refractivity contribution in [3.05, 3.63) is 94.2 Å². The second kappa shape index (κ2) is 25.1. The van der Waals surface area contributed by atoms with Gasteiger partial charge in [-0.3, -0.25) is 24.7 Å². The summed E-state index contributed by atoms with van der Waals surface area (Å²) in [6.07, 6.45) is -10.4. The first-order chi connectivity index (χ1) is 37.2. The van der Waals surface area contributed by atoms with Crippen LogP contribution in [0, 0.1) is 40.2 Å². The van der Waals surface area contributed by atoms with E-state index in [2.05, 4.69) is 41.9 Å². The number of esters is 1. The Morgan fingerprint density at radius 3 is 1.91 bits per heavy atom. The molecule has 0 saturated carbocycles. The first-order valence-corrected chi connectivity index (χ1v) is 26.0. The van der Waals surface area contributed by atoms with Crippen molar-refractivity contribution in [3.63, 3.8) is 0 Å². The zero-order valence-corrected chi connectivity index (χ0v) is 44.7. The molecule has 4 aliphatic rings. The molecular formula is C55H67F8N7O9. The summed E-state index contributed by atoms with van der Waals surface area (Å²) in [7, 11) is 1.75. The van der Waals surface area contributed by atoms with Crippen LogP contribution in [0.1, 0.15) is 93.5 Å². The summed E-state index contributed by atoms with van der Waals surface area (Å²) in [4.78, 5) is 62.7. The van der Waals surface area contributed by atoms with Gasteiger partial charge in [-0.1, -0.05) is 37.8 Å². The fourth-order valence-corrected chi connectivity index (χ4v) is 10.4. The van der Waals surface area contributed by atoms with Crippen molar-refractivity contribution >= 4 is 29.7 Å². The Kier molecular flexibility index (Phi) is 19.2. The number of piperazine rings is 1. The van der Waals surface area contributed by atoms with Gasteiger partial charge in [-0.2, -0.15) is 26.3 Å². The smallest absolute Gasteiger partial charge is 0.407 e. The van der Waals surface area contributed by atoms with Crippen LogP contribution in [0.2, 0.25) is 0 Å². The number of hydrazine groups is 1. The molecule has 0 spiro atoms. The van der Waals surface area contributed by atoms with Crippen LogP contribution in [0.4, 0.5) is 45.7 Å². The molecule has 432 valence electrons. The molecule has 2 aromatic carbocycles. The number of alkyl carbamates (subject to hydrolysis) is 1. The summed E-state index contributed by atoms with van der Waals surface area (Å²) >= 11 is 0. The maximum atomic E-state index is 16.1. The number of anilines is 1. The van der Waals surface area contributed by atoms with Crippen molar-refractivity contribution in [1.29, 1.82) is 0 Å². The molecule has 3 amide bonds. The number of aliphatic hydroxyl groups is 1. The van der Waals surface area contributed by atoms with Gasteiger partial charge in [0, 0.05) is 74.4 Å². The van der Waals surface area contributed by atoms with Gasteiger partial charge in [0.05, 0.1) is 68.8 Å². The molecule has 0 radical (unpaired) electrons. The van der Waals surface area contributed by atoms with E-state index in [1.807, 2.05) is 17.4 Å². The minimum atomic E-state index is -5.12. The number of nitrogens with one attached hydrogen (secondary N) is 3. The predicted molar refractivity (Wildman–Crippen MR) is 271 cm³/mol. The number of ether oxygens (including phenoxy) is 4. The number of halogens is 8. The Morgan fingerprint density at radius 1 is 0.785 bits per heavy atom. The molecule has 4 saturated heterocycles. The van der Waals surface area contributed by atoms with Gasteiger partial charge in [0.1, 0.15) is 23.5 Å². The third-order valence-electron chi connectivity index (χ3n) is 15.8. The number of amides is 3. The van der Waals surface area contributed by atoms with Crippen LogP contribution in [0.5, 0.6) is 0 Å². The summed E-state index contributed by atoms with van der Waals surface area (Å²) in [5.41, 5.74) is -2.68. The van der Waals surface area contributed by atoms with Gasteiger partial charge in [0.2, 0.25) is 11.8 Å². The van der Waals surface area contributed by atoms with E-state index < -0.39 is 114 Å². The van der Waals surface area contributed by atoms with Gasteiger partial charge in [0.25, 0.3) is 0 Å². The molecule has 1 aromatic heterocycles. The van der Waals surface area contributed by atoms with E-state index in [4.69, 9.17) is 14.5 Å². The van der Waals surface area contributed by atoms with Gasteiger partial charge in [0.15, 0.2) is 0 Å². The SMILES string of the molecule is COC(=O)C[C@H](C(=O)NN(Cc1c(F)cc(C2CCOCC2)cc1F)C[C@H](O)[C@H](Cc1ccc(C#Cc2ccc(N3CC4CCC(C3)N4C3COC3)nc2)cc1)NC(=O)[C@@H](NC(=O)OC)C(C)(C)C(F)(F)F)C(C)(C)C(F)(F)F. The highest BCUT2D eigenvalue weighted by Crippen LogP contribution is 2.46. The van der Waals surface area contributed by atoms with E-state index >= 15 is 8.78 Å². The number of rotatable bonds is 19. The standard InChI is InChI=1S/C55H67F8N7O9/c1-52(2,54(58,59)60)41(24-47(72)76-5)49(73)67-69(28-40-42(56)22-36(23-43(40)57)35-17-19-78-20-18-35)29-45(71)44(65-50(74)48(66-51(75)77-6)53(3,4)55(61,62)63)21-33-10-7-32(8-11-33)9-12-34-13-16-46(64-25-34)68-26-37-14-15-38(27-68)70(37)39-30-79-31-39/h7-8,10-11,13,16,22-23,25,35,37-39,41,44-45,48,71H,14-15,17-21,24,26-31H2,1-6H3,(H,65,74)(H,66,75)(H,67,73)/t37?,38?,41-,44+,45+,48-/m1/s1. The van der Waals surface area contributed by atoms with Crippen LogP contribution in [0.3, 0.4) is 0 Å². The third kappa shape index (κ3) is 14.4. The molecule has 79 heavy (non-hydrogen) atoms. The maximum absolute atomic E-state index is 16.1. The topological polar surface area (TPSA) is 184 Å². The highest BCUT2D eigenvalue weighted by atomic mass is 19.4. The largest absolute Gasteiger partial charge is 0.469 e. The molecule has 4 aliphatic heterocycles. The zero-order valence-electron chi connectivity index (χ0n) is 44.7. The summed E-state index contributed by atoms with van der Waals surface area (Å²) in [5.74, 6) is -1.98. The highest BCUT2D eigenvalue weighted by molar-refractivity contribution is 5.87. The van der Waals surface area contributed by atoms with E-state index in [0.717, 1.165) is 71.3 Å². The lowest BCUT2D eigenvalue weighted by molar-refractivity contribution is -0.231. The Labute approximate surface area is 453 Å². The molecule has 2 bridgehead atoms. The molecule has 0 aliphatic carbocycles. The Hall–Kier alpha value is -6.13. The number of carbonyl (C=O) groups is 4. The van der Waals surface area contributed by atoms with Crippen molar-refractivity contribution in [2.75, 3.05) is 65.2 Å². The van der Waals surface area contributed by atoms with Gasteiger partial charge in [-0.15, -0.1) is 0 Å². The fourth-order valence-electron chi connectivity index (χ4n) is 10.4. The molecule has 6 atom stereocenters. The Balaban J connectivity index is 1.17. The Bertz CT molecular complexity index is 2650. The number of aromatic nitrogens is 1. The highest BCUT2D eigenvalue weighted by Gasteiger charge is 2.57. The maximum Gasteiger partial charge on any atom is 0.407 e. The number of hydrogen-bond donors (Lipinski definition) is 4. The third-order valence-corrected chi connectivity index (χ3v) is 15.8. The average Bonchev–Trinajstić information content (AvgIpc) is 3.81. The van der Waals surface area contributed by atoms with Gasteiger partial charge in [-0.25, -0.2) is 23.6 Å². The lowest BCUT2D eigenvalue weighted by atomic mass is 9.75. The normalized spacial score (nSPS) is 20.0. The fraction of sp³-hybridized carbons (Fsp3) is 0.582. The number of nitrogens with zero attached hydrogens (tertiary/aromatic N) is 4. The number of aliphatic hydroxyl groups excluding tert-OH is 1. The number of carbonyl (C=O) groups excluding carboxylic acids is 4. The quantitative estimate of drug-likeness (QED) is 0.0431. The van der Waals surface area contributed by atoms with Crippen LogP contribution in [-0.2, 0) is 46.3 Å². The second-order valence-electron chi connectivity index (χ2n) is 21.7. The van der Waals surface area contributed by atoms with Gasteiger partial charge < -0.3 is 39.6 Å². The van der Waals surface area contributed by atoms with E-state index in [0.29, 0.717) is 93.6 Å². The number of hydrogen-bond acceptors (Lipinski definition) is 13. The minimum absolute atomic E-state index is 0.284. The zero-order chi connectivity index (χ0) is 57.6. The number of alkyl halides is 6. The van der Waals surface area contributed by atoms with Crippen LogP contribution in [0.15, 0.2) is 54.7 Å². The van der Waals surface area contributed by atoms with E-state index in [1.54, 1.807) is 30.5 Å². The second-order valence-corrected chi connectivity index (χ2v) is 21.7. The number of methoxy groups -OCH3 is 2. The van der Waals surface area contributed by atoms with Crippen molar-refractivity contribution in [3.8, 4) is 11.8 Å². The molecule has 3 aromatic rings. The molecule has 2 unspecified atom stereocenters. The Morgan fingerprint density at radius 2 is 1.38 bits per heavy atom. The summed E-state index contributed by atoms with van der Waals surface area (Å²) < 4.78 is 140. The van der Waals surface area contributed by atoms with Crippen LogP contribution >= 0.6 is 0 Å². The minimum Gasteiger partial charge on any atom is -0.469 e. The van der Waals surface area contributed by atoms with Gasteiger partial charge in [-0.05, 0) is 99.4 Å². The van der Waals surface area contributed by atoms with Crippen LogP contribution < -0.4 is 21.0 Å². The van der Waals surface area contributed by atoms with E-state index in [9.17, 15) is 50.6 Å². The molecule has 24 heteroatoms. The van der Waals surface area contributed by atoms with Crippen LogP contribution in [0.25, 0.3) is 0 Å². The van der Waals surface area contributed by atoms with Crippen molar-refractivity contribution < 1.29 is 78.4 Å². The van der Waals surface area contributed by atoms with Crippen molar-refractivity contribution in [2.24, 2.45) is 16.7 Å². The molecule has 4 fully saturated rings. The molecule has 5 heterocycles. The summed E-state index contributed by atoms with van der Waals surface area (Å²) in [6, 6.07) is 9.46. The van der Waals surface area contributed by atoms with Crippen molar-refractivity contribution in [1.82, 2.24) is 31.0 Å². The summed E-state index contributed by atoms with van der Waals surface area (Å²) in [5, 5.41) is 17.1. The molecule has 16 nitrogen and oxygen atoms in total. The molecule has 7 rings (SSSR count). The predicted octanol–water partition coefficient (Wildman–Crippen LogP) is 6.71. The first-order valence-electron chi connectivity index (χ1n) is 26.0. The van der Waals surface area contributed by atoms with Gasteiger partial charge >= 0.3 is 24.4 Å². The lowest BCUT2D eigenvalue weighted by Crippen LogP contribution is -2.62. The van der Waals surface area contributed by atoms with E-state index in [1.165, 1.54) is 0 Å². The first kappa shape index (κ1) is 60.5. The van der Waals surface area contributed by atoms with Crippen LogP contribution in [-0.4, -0.2) is 153 Å². The van der Waals surface area contributed by atoms with E-state index in [-0.39, 0.29) is 11.5 Å². The monoisotopic (exact) mass is 1120 g/mol. The average molecular weight is 1120 g/mol. The molecule has 4 N–H and O–H groups in total. The number of pyridine rings is 1. The number of benzene rings is 2. The van der Waals surface area contributed by atoms with Crippen molar-refractivity contribution in [2.45, 2.75) is 127 Å². The lowest BCUT2D eigenvalue weighted by Gasteiger charge is -2.47. The number of fused-ring (bicyclic) bond motifs is 2.